The van der Waals surface area contributed by atoms with Crippen LogP contribution in [0.1, 0.15) is 25.0 Å². The van der Waals surface area contributed by atoms with E-state index in [4.69, 9.17) is 0 Å². The third kappa shape index (κ3) is 2.17. The third-order valence-electron chi connectivity index (χ3n) is 2.56. The molecule has 0 fully saturated rings. The van der Waals surface area contributed by atoms with Crippen LogP contribution in [0.15, 0.2) is 23.6 Å². The minimum atomic E-state index is -4.40. The monoisotopic (exact) mass is 260 g/mol. The quantitative estimate of drug-likeness (QED) is 0.816. The molecule has 0 saturated carbocycles. The fraction of sp³-hybridized carbons (Fsp3) is 0.333. The summed E-state index contributed by atoms with van der Waals surface area (Å²) >= 11 is 1.21. The van der Waals surface area contributed by atoms with E-state index in [0.29, 0.717) is 10.3 Å². The molecule has 0 unspecified atom stereocenters. The van der Waals surface area contributed by atoms with Crippen LogP contribution in [0.3, 0.4) is 0 Å². The second-order valence-electron chi connectivity index (χ2n) is 4.38. The Kier molecular flexibility index (Phi) is 2.71. The average Bonchev–Trinajstić information content (AvgIpc) is 2.57. The highest BCUT2D eigenvalue weighted by molar-refractivity contribution is 7.17. The van der Waals surface area contributed by atoms with Crippen molar-refractivity contribution in [3.63, 3.8) is 0 Å². The lowest BCUT2D eigenvalue weighted by Crippen LogP contribution is -2.16. The van der Waals surface area contributed by atoms with E-state index in [2.05, 4.69) is 0 Å². The molecular weight excluding hydrogens is 249 g/mol. The topological polar surface area (TPSA) is 20.2 Å². The number of benzene rings is 1. The maximum absolute atomic E-state index is 12.9. The van der Waals surface area contributed by atoms with Gasteiger partial charge in [-0.1, -0.05) is 6.07 Å². The van der Waals surface area contributed by atoms with E-state index in [1.54, 1.807) is 11.4 Å². The van der Waals surface area contributed by atoms with Gasteiger partial charge in [0.05, 0.1) is 11.2 Å². The van der Waals surface area contributed by atoms with Gasteiger partial charge in [-0.3, -0.25) is 0 Å². The van der Waals surface area contributed by atoms with Crippen molar-refractivity contribution in [1.29, 1.82) is 0 Å². The van der Waals surface area contributed by atoms with E-state index in [0.717, 1.165) is 6.07 Å². The second-order valence-corrected chi connectivity index (χ2v) is 5.30. The molecule has 2 rings (SSSR count). The van der Waals surface area contributed by atoms with Crippen molar-refractivity contribution in [3.8, 4) is 0 Å². The van der Waals surface area contributed by atoms with Crippen molar-refractivity contribution in [2.75, 3.05) is 0 Å². The van der Waals surface area contributed by atoms with E-state index in [1.807, 2.05) is 0 Å². The van der Waals surface area contributed by atoms with Crippen LogP contribution >= 0.6 is 11.3 Å². The van der Waals surface area contributed by atoms with Crippen LogP contribution in [0.2, 0.25) is 0 Å². The summed E-state index contributed by atoms with van der Waals surface area (Å²) in [7, 11) is 0. The Balaban J connectivity index is 2.82. The summed E-state index contributed by atoms with van der Waals surface area (Å²) in [6.07, 6.45) is -4.40. The van der Waals surface area contributed by atoms with Crippen LogP contribution in [-0.2, 0) is 11.8 Å². The molecule has 92 valence electrons. The molecule has 2 aromatic rings. The molecule has 1 heterocycles. The smallest absolute Gasteiger partial charge is 0.386 e. The Morgan fingerprint density at radius 1 is 1.12 bits per heavy atom. The molecule has 0 aliphatic rings. The van der Waals surface area contributed by atoms with Gasteiger partial charge in [0.15, 0.2) is 0 Å². The average molecular weight is 260 g/mol. The number of rotatable bonds is 1. The van der Waals surface area contributed by atoms with Gasteiger partial charge >= 0.3 is 6.18 Å². The van der Waals surface area contributed by atoms with Gasteiger partial charge in [0.2, 0.25) is 0 Å². The van der Waals surface area contributed by atoms with Gasteiger partial charge in [-0.05, 0) is 31.4 Å². The van der Waals surface area contributed by atoms with Gasteiger partial charge in [-0.15, -0.1) is 11.3 Å². The van der Waals surface area contributed by atoms with Crippen LogP contribution in [0.25, 0.3) is 10.1 Å². The first kappa shape index (κ1) is 12.4. The van der Waals surface area contributed by atoms with Gasteiger partial charge in [0, 0.05) is 15.6 Å². The lowest BCUT2D eigenvalue weighted by molar-refractivity contribution is -0.136. The first-order chi connectivity index (χ1) is 7.71. The molecule has 5 heteroatoms. The molecule has 1 aromatic heterocycles. The predicted molar refractivity (Wildman–Crippen MR) is 62.1 cm³/mol. The molecule has 0 aliphatic heterocycles. The van der Waals surface area contributed by atoms with Crippen molar-refractivity contribution >= 4 is 21.4 Å². The van der Waals surface area contributed by atoms with Gasteiger partial charge in [-0.2, -0.15) is 13.2 Å². The van der Waals surface area contributed by atoms with Crippen molar-refractivity contribution in [2.24, 2.45) is 0 Å². The first-order valence-electron chi connectivity index (χ1n) is 5.01. The van der Waals surface area contributed by atoms with Crippen LogP contribution in [0.5, 0.6) is 0 Å². The molecular formula is C12H11F3OS. The Morgan fingerprint density at radius 3 is 2.29 bits per heavy atom. The van der Waals surface area contributed by atoms with Crippen molar-refractivity contribution in [3.05, 3.63) is 34.7 Å². The summed E-state index contributed by atoms with van der Waals surface area (Å²) in [4.78, 5) is 0. The number of halogens is 3. The van der Waals surface area contributed by atoms with Gasteiger partial charge in [0.25, 0.3) is 0 Å². The van der Waals surface area contributed by atoms with Crippen LogP contribution in [0.4, 0.5) is 13.2 Å². The molecule has 0 bridgehead atoms. The molecule has 0 spiro atoms. The van der Waals surface area contributed by atoms with Crippen molar-refractivity contribution < 1.29 is 18.3 Å². The molecule has 1 aromatic carbocycles. The summed E-state index contributed by atoms with van der Waals surface area (Å²) in [6.45, 7) is 2.98. The Labute approximate surface area is 101 Å². The fourth-order valence-corrected chi connectivity index (χ4v) is 2.92. The summed E-state index contributed by atoms with van der Waals surface area (Å²) < 4.78 is 39.2. The molecule has 1 nitrogen and oxygen atoms in total. The van der Waals surface area contributed by atoms with Crippen molar-refractivity contribution in [1.82, 2.24) is 0 Å². The standard InChI is InChI=1S/C12H11F3OS/c1-11(2,16)8-6-17-9-5-3-4-7(10(8)9)12(13,14)15/h3-6,16H,1-2H3. The first-order valence-corrected chi connectivity index (χ1v) is 5.89. The lowest BCUT2D eigenvalue weighted by Gasteiger charge is -2.18. The zero-order valence-corrected chi connectivity index (χ0v) is 10.1. The number of aliphatic hydroxyl groups is 1. The number of hydrogen-bond acceptors (Lipinski definition) is 2. The van der Waals surface area contributed by atoms with Crippen LogP contribution in [0, 0.1) is 0 Å². The highest BCUT2D eigenvalue weighted by Crippen LogP contribution is 2.41. The number of thiophene rings is 1. The van der Waals surface area contributed by atoms with Gasteiger partial charge in [0.1, 0.15) is 0 Å². The number of hydrogen-bond donors (Lipinski definition) is 1. The fourth-order valence-electron chi connectivity index (χ4n) is 1.77. The summed E-state index contributed by atoms with van der Waals surface area (Å²) in [5.41, 5.74) is -1.64. The van der Waals surface area contributed by atoms with E-state index in [1.165, 1.54) is 31.3 Å². The molecule has 0 aliphatic carbocycles. The van der Waals surface area contributed by atoms with E-state index in [-0.39, 0.29) is 5.39 Å². The Morgan fingerprint density at radius 2 is 1.76 bits per heavy atom. The molecule has 1 N–H and O–H groups in total. The molecule has 0 amide bonds. The molecule has 0 saturated heterocycles. The van der Waals surface area contributed by atoms with Crippen LogP contribution in [-0.4, -0.2) is 5.11 Å². The Hall–Kier alpha value is -1.07. The highest BCUT2D eigenvalue weighted by Gasteiger charge is 2.35. The predicted octanol–water partition coefficient (Wildman–Crippen LogP) is 4.15. The summed E-state index contributed by atoms with van der Waals surface area (Å²) in [5.74, 6) is 0. The normalized spacial score (nSPS) is 13.3. The zero-order valence-electron chi connectivity index (χ0n) is 9.30. The second kappa shape index (κ2) is 3.71. The number of alkyl halides is 3. The summed E-state index contributed by atoms with van der Waals surface area (Å²) in [5, 5.41) is 11.6. The van der Waals surface area contributed by atoms with Gasteiger partial charge < -0.3 is 5.11 Å². The third-order valence-corrected chi connectivity index (χ3v) is 3.51. The van der Waals surface area contributed by atoms with Crippen LogP contribution < -0.4 is 0 Å². The maximum Gasteiger partial charge on any atom is 0.417 e. The molecule has 17 heavy (non-hydrogen) atoms. The van der Waals surface area contributed by atoms with E-state index < -0.39 is 17.3 Å². The molecule has 0 atom stereocenters. The van der Waals surface area contributed by atoms with Crippen molar-refractivity contribution in [2.45, 2.75) is 25.6 Å². The minimum Gasteiger partial charge on any atom is -0.386 e. The molecule has 0 radical (unpaired) electrons. The Bertz CT molecular complexity index is 549. The minimum absolute atomic E-state index is 0.109. The number of fused-ring (bicyclic) bond motifs is 1. The van der Waals surface area contributed by atoms with E-state index >= 15 is 0 Å². The lowest BCUT2D eigenvalue weighted by atomic mass is 9.95. The van der Waals surface area contributed by atoms with Gasteiger partial charge in [-0.25, -0.2) is 0 Å². The zero-order chi connectivity index (χ0) is 12.8. The largest absolute Gasteiger partial charge is 0.417 e. The summed E-state index contributed by atoms with van der Waals surface area (Å²) in [6, 6.07) is 4.06. The SMILES string of the molecule is CC(C)(O)c1csc2cccc(C(F)(F)F)c12. The highest BCUT2D eigenvalue weighted by atomic mass is 32.1. The van der Waals surface area contributed by atoms with E-state index in [9.17, 15) is 18.3 Å². The maximum atomic E-state index is 12.9.